The zero-order chi connectivity index (χ0) is 11.7. The van der Waals surface area contributed by atoms with Crippen molar-refractivity contribution in [2.75, 3.05) is 18.6 Å². The van der Waals surface area contributed by atoms with Gasteiger partial charge in [-0.2, -0.15) is 0 Å². The Morgan fingerprint density at radius 3 is 2.88 bits per heavy atom. The highest BCUT2D eigenvalue weighted by atomic mass is 19.1. The van der Waals surface area contributed by atoms with Gasteiger partial charge in [-0.1, -0.05) is 6.07 Å². The summed E-state index contributed by atoms with van der Waals surface area (Å²) in [7, 11) is 1.38. The van der Waals surface area contributed by atoms with E-state index in [9.17, 15) is 9.18 Å². The van der Waals surface area contributed by atoms with Crippen LogP contribution in [0.15, 0.2) is 18.2 Å². The first-order chi connectivity index (χ1) is 7.63. The molecule has 86 valence electrons. The second kappa shape index (κ2) is 4.09. The van der Waals surface area contributed by atoms with Gasteiger partial charge < -0.3 is 15.4 Å². The van der Waals surface area contributed by atoms with Gasteiger partial charge in [-0.3, -0.25) is 4.79 Å². The van der Waals surface area contributed by atoms with E-state index in [2.05, 4.69) is 0 Å². The van der Waals surface area contributed by atoms with Crippen LogP contribution in [0.3, 0.4) is 0 Å². The van der Waals surface area contributed by atoms with Crippen LogP contribution in [0.4, 0.5) is 10.1 Å². The molecule has 0 spiro atoms. The number of hydrogen-bond acceptors (Lipinski definition) is 3. The molecule has 1 aliphatic rings. The third kappa shape index (κ3) is 1.74. The predicted molar refractivity (Wildman–Crippen MR) is 57.9 cm³/mol. The van der Waals surface area contributed by atoms with Crippen LogP contribution < -0.4 is 15.4 Å². The largest absolute Gasteiger partial charge is 0.492 e. The molecule has 1 atom stereocenters. The van der Waals surface area contributed by atoms with Crippen molar-refractivity contribution in [3.63, 3.8) is 0 Å². The van der Waals surface area contributed by atoms with E-state index in [0.717, 1.165) is 0 Å². The van der Waals surface area contributed by atoms with E-state index >= 15 is 0 Å². The Kier molecular flexibility index (Phi) is 2.78. The summed E-state index contributed by atoms with van der Waals surface area (Å²) < 4.78 is 18.4. The summed E-state index contributed by atoms with van der Waals surface area (Å²) in [6, 6.07) is 4.30. The van der Waals surface area contributed by atoms with Gasteiger partial charge in [0.15, 0.2) is 11.6 Å². The number of halogens is 1. The van der Waals surface area contributed by atoms with Gasteiger partial charge in [0, 0.05) is 19.0 Å². The lowest BCUT2D eigenvalue weighted by atomic mass is 10.2. The standard InChI is InChI=1S/C11H13FN2O2/c1-16-11-8(12)3-2-4-9(11)14-6-7(13)5-10(14)15/h2-4,7H,5-6,13H2,1H3. The molecule has 1 saturated heterocycles. The normalized spacial score (nSPS) is 20.3. The Balaban J connectivity index is 2.40. The first kappa shape index (κ1) is 10.9. The first-order valence-corrected chi connectivity index (χ1v) is 5.02. The molecule has 1 aliphatic heterocycles. The minimum Gasteiger partial charge on any atom is -0.492 e. The molecule has 0 saturated carbocycles. The molecule has 1 heterocycles. The monoisotopic (exact) mass is 224 g/mol. The second-order valence-electron chi connectivity index (χ2n) is 3.76. The van der Waals surface area contributed by atoms with Gasteiger partial charge in [-0.25, -0.2) is 4.39 Å². The summed E-state index contributed by atoms with van der Waals surface area (Å²) in [5, 5.41) is 0. The van der Waals surface area contributed by atoms with Crippen LogP contribution in [0.1, 0.15) is 6.42 Å². The average Bonchev–Trinajstić information content (AvgIpc) is 2.57. The number of rotatable bonds is 2. The molecule has 4 nitrogen and oxygen atoms in total. The molecule has 1 aromatic carbocycles. The number of ether oxygens (including phenoxy) is 1. The van der Waals surface area contributed by atoms with Crippen molar-refractivity contribution < 1.29 is 13.9 Å². The van der Waals surface area contributed by atoms with E-state index in [1.807, 2.05) is 0 Å². The van der Waals surface area contributed by atoms with E-state index in [-0.39, 0.29) is 17.7 Å². The van der Waals surface area contributed by atoms with Crippen molar-refractivity contribution in [1.82, 2.24) is 0 Å². The first-order valence-electron chi connectivity index (χ1n) is 5.02. The van der Waals surface area contributed by atoms with Crippen LogP contribution in [-0.2, 0) is 4.79 Å². The molecule has 1 aromatic rings. The summed E-state index contributed by atoms with van der Waals surface area (Å²) in [5.41, 5.74) is 6.13. The smallest absolute Gasteiger partial charge is 0.228 e. The van der Waals surface area contributed by atoms with Crippen molar-refractivity contribution >= 4 is 11.6 Å². The topological polar surface area (TPSA) is 55.6 Å². The molecule has 0 radical (unpaired) electrons. The quantitative estimate of drug-likeness (QED) is 0.812. The summed E-state index contributed by atoms with van der Waals surface area (Å²) in [6.07, 6.45) is 0.291. The van der Waals surface area contributed by atoms with Crippen molar-refractivity contribution in [3.05, 3.63) is 24.0 Å². The molecule has 0 bridgehead atoms. The molecule has 0 aliphatic carbocycles. The fraction of sp³-hybridized carbons (Fsp3) is 0.364. The predicted octanol–water partition coefficient (Wildman–Crippen LogP) is 0.898. The number of amides is 1. The van der Waals surface area contributed by atoms with Gasteiger partial charge >= 0.3 is 0 Å². The molecule has 1 unspecified atom stereocenters. The Bertz CT molecular complexity index is 422. The Morgan fingerprint density at radius 2 is 2.31 bits per heavy atom. The fourth-order valence-corrected chi connectivity index (χ4v) is 1.88. The molecule has 1 fully saturated rings. The molecule has 0 aromatic heterocycles. The molecular weight excluding hydrogens is 211 g/mol. The highest BCUT2D eigenvalue weighted by Gasteiger charge is 2.30. The van der Waals surface area contributed by atoms with Gasteiger partial charge in [0.25, 0.3) is 0 Å². The van der Waals surface area contributed by atoms with Crippen LogP contribution in [0, 0.1) is 5.82 Å². The molecular formula is C11H13FN2O2. The third-order valence-corrected chi connectivity index (χ3v) is 2.60. The maximum atomic E-state index is 13.4. The lowest BCUT2D eigenvalue weighted by Crippen LogP contribution is -2.28. The van der Waals surface area contributed by atoms with E-state index in [0.29, 0.717) is 18.7 Å². The molecule has 2 rings (SSSR count). The molecule has 16 heavy (non-hydrogen) atoms. The number of carbonyl (C=O) groups is 1. The van der Waals surface area contributed by atoms with E-state index in [1.165, 1.54) is 18.1 Å². The highest BCUT2D eigenvalue weighted by Crippen LogP contribution is 2.33. The summed E-state index contributed by atoms with van der Waals surface area (Å²) >= 11 is 0. The average molecular weight is 224 g/mol. The minimum atomic E-state index is -0.478. The number of para-hydroxylation sites is 1. The van der Waals surface area contributed by atoms with Gasteiger partial charge in [0.1, 0.15) is 0 Å². The number of nitrogens with zero attached hydrogens (tertiary/aromatic N) is 1. The van der Waals surface area contributed by atoms with Crippen molar-refractivity contribution in [2.45, 2.75) is 12.5 Å². The zero-order valence-corrected chi connectivity index (χ0v) is 8.94. The summed E-state index contributed by atoms with van der Waals surface area (Å²) in [5.74, 6) is -0.491. The molecule has 5 heteroatoms. The van der Waals surface area contributed by atoms with Gasteiger partial charge in [0.2, 0.25) is 5.91 Å². The van der Waals surface area contributed by atoms with Gasteiger partial charge in [0.05, 0.1) is 12.8 Å². The number of methoxy groups -OCH3 is 1. The summed E-state index contributed by atoms with van der Waals surface area (Å²) in [6.45, 7) is 0.401. The number of nitrogens with two attached hydrogens (primary N) is 1. The molecule has 2 N–H and O–H groups in total. The number of carbonyl (C=O) groups excluding carboxylic acids is 1. The van der Waals surface area contributed by atoms with E-state index in [1.54, 1.807) is 12.1 Å². The summed E-state index contributed by atoms with van der Waals surface area (Å²) in [4.78, 5) is 13.1. The van der Waals surface area contributed by atoms with Gasteiger partial charge in [-0.15, -0.1) is 0 Å². The Labute approximate surface area is 92.8 Å². The van der Waals surface area contributed by atoms with Crippen molar-refractivity contribution in [2.24, 2.45) is 5.73 Å². The SMILES string of the molecule is COc1c(F)cccc1N1CC(N)CC1=O. The van der Waals surface area contributed by atoms with Crippen LogP contribution >= 0.6 is 0 Å². The zero-order valence-electron chi connectivity index (χ0n) is 8.94. The van der Waals surface area contributed by atoms with Crippen molar-refractivity contribution in [3.8, 4) is 5.75 Å². The molecule has 1 amide bonds. The second-order valence-corrected chi connectivity index (χ2v) is 3.76. The minimum absolute atomic E-state index is 0.0879. The fourth-order valence-electron chi connectivity index (χ4n) is 1.88. The van der Waals surface area contributed by atoms with Crippen LogP contribution in [-0.4, -0.2) is 25.6 Å². The van der Waals surface area contributed by atoms with Crippen LogP contribution in [0.5, 0.6) is 5.75 Å². The highest BCUT2D eigenvalue weighted by molar-refractivity contribution is 5.97. The number of hydrogen-bond donors (Lipinski definition) is 1. The van der Waals surface area contributed by atoms with E-state index < -0.39 is 5.82 Å². The number of anilines is 1. The lowest BCUT2D eigenvalue weighted by molar-refractivity contribution is -0.117. The maximum absolute atomic E-state index is 13.4. The van der Waals surface area contributed by atoms with Crippen molar-refractivity contribution in [1.29, 1.82) is 0 Å². The number of benzene rings is 1. The Morgan fingerprint density at radius 1 is 1.56 bits per heavy atom. The van der Waals surface area contributed by atoms with Crippen LogP contribution in [0.2, 0.25) is 0 Å². The van der Waals surface area contributed by atoms with Gasteiger partial charge in [-0.05, 0) is 12.1 Å². The maximum Gasteiger partial charge on any atom is 0.228 e. The third-order valence-electron chi connectivity index (χ3n) is 2.60. The Hall–Kier alpha value is -1.62. The lowest BCUT2D eigenvalue weighted by Gasteiger charge is -2.19. The van der Waals surface area contributed by atoms with E-state index in [4.69, 9.17) is 10.5 Å². The van der Waals surface area contributed by atoms with Crippen LogP contribution in [0.25, 0.3) is 0 Å².